The predicted octanol–water partition coefficient (Wildman–Crippen LogP) is 3.40. The smallest absolute Gasteiger partial charge is 0.181 e. The number of aryl methyl sites for hydroxylation is 1. The van der Waals surface area contributed by atoms with Crippen LogP contribution in [0, 0.1) is 12.8 Å². The standard InChI is InChI=1S/C15H20N2O/c1-11(2)8-16-9-14-15(18-10-17-14)13-7-5-4-6-12(13)3/h4-7,10-11,16H,8-9H2,1-3H3. The molecule has 0 bridgehead atoms. The molecule has 2 rings (SSSR count). The second kappa shape index (κ2) is 5.83. The van der Waals surface area contributed by atoms with Crippen molar-refractivity contribution >= 4 is 0 Å². The zero-order valence-electron chi connectivity index (χ0n) is 11.2. The van der Waals surface area contributed by atoms with Gasteiger partial charge in [-0.25, -0.2) is 4.98 Å². The lowest BCUT2D eigenvalue weighted by atomic mass is 10.1. The zero-order chi connectivity index (χ0) is 13.0. The molecule has 0 saturated carbocycles. The van der Waals surface area contributed by atoms with Gasteiger partial charge in [-0.2, -0.15) is 0 Å². The maximum absolute atomic E-state index is 5.54. The summed E-state index contributed by atoms with van der Waals surface area (Å²) in [7, 11) is 0. The molecule has 0 spiro atoms. The maximum Gasteiger partial charge on any atom is 0.181 e. The molecule has 1 aromatic carbocycles. The van der Waals surface area contributed by atoms with Crippen LogP contribution in [-0.2, 0) is 6.54 Å². The number of rotatable bonds is 5. The Morgan fingerprint density at radius 2 is 2.06 bits per heavy atom. The quantitative estimate of drug-likeness (QED) is 0.876. The van der Waals surface area contributed by atoms with E-state index in [2.05, 4.69) is 43.2 Å². The number of benzene rings is 1. The summed E-state index contributed by atoms with van der Waals surface area (Å²) in [4.78, 5) is 4.30. The second-order valence-electron chi connectivity index (χ2n) is 4.97. The molecule has 1 N–H and O–H groups in total. The van der Waals surface area contributed by atoms with Crippen molar-refractivity contribution in [2.75, 3.05) is 6.54 Å². The lowest BCUT2D eigenvalue weighted by Crippen LogP contribution is -2.19. The summed E-state index contributed by atoms with van der Waals surface area (Å²) in [5, 5.41) is 3.39. The Labute approximate surface area is 108 Å². The van der Waals surface area contributed by atoms with Crippen LogP contribution in [0.1, 0.15) is 25.1 Å². The van der Waals surface area contributed by atoms with E-state index in [0.717, 1.165) is 30.1 Å². The van der Waals surface area contributed by atoms with Crippen LogP contribution >= 0.6 is 0 Å². The van der Waals surface area contributed by atoms with E-state index in [0.29, 0.717) is 5.92 Å². The highest BCUT2D eigenvalue weighted by Crippen LogP contribution is 2.25. The van der Waals surface area contributed by atoms with Crippen molar-refractivity contribution in [3.8, 4) is 11.3 Å². The summed E-state index contributed by atoms with van der Waals surface area (Å²) in [6.45, 7) is 8.21. The molecule has 0 aliphatic rings. The van der Waals surface area contributed by atoms with Gasteiger partial charge in [-0.05, 0) is 24.9 Å². The maximum atomic E-state index is 5.54. The van der Waals surface area contributed by atoms with Crippen LogP contribution < -0.4 is 5.32 Å². The van der Waals surface area contributed by atoms with Gasteiger partial charge in [-0.3, -0.25) is 0 Å². The Bertz CT molecular complexity index is 503. The van der Waals surface area contributed by atoms with Crippen LogP contribution in [0.5, 0.6) is 0 Å². The lowest BCUT2D eigenvalue weighted by Gasteiger charge is -2.07. The highest BCUT2D eigenvalue weighted by Gasteiger charge is 2.12. The van der Waals surface area contributed by atoms with Crippen molar-refractivity contribution in [1.29, 1.82) is 0 Å². The van der Waals surface area contributed by atoms with Gasteiger partial charge in [0.1, 0.15) is 5.69 Å². The van der Waals surface area contributed by atoms with E-state index in [-0.39, 0.29) is 0 Å². The average Bonchev–Trinajstić information content (AvgIpc) is 2.77. The molecule has 3 nitrogen and oxygen atoms in total. The van der Waals surface area contributed by atoms with E-state index in [1.54, 1.807) is 0 Å². The van der Waals surface area contributed by atoms with Crippen LogP contribution in [0.15, 0.2) is 35.1 Å². The monoisotopic (exact) mass is 244 g/mol. The SMILES string of the molecule is Cc1ccccc1-c1ocnc1CNCC(C)C. The first-order chi connectivity index (χ1) is 8.68. The fraction of sp³-hybridized carbons (Fsp3) is 0.400. The van der Waals surface area contributed by atoms with Gasteiger partial charge in [0.15, 0.2) is 12.2 Å². The zero-order valence-corrected chi connectivity index (χ0v) is 11.2. The van der Waals surface area contributed by atoms with Crippen LogP contribution in [0.4, 0.5) is 0 Å². The number of hydrogen-bond acceptors (Lipinski definition) is 3. The Balaban J connectivity index is 2.15. The van der Waals surface area contributed by atoms with Gasteiger partial charge in [0.25, 0.3) is 0 Å². The Kier molecular flexibility index (Phi) is 4.15. The number of aromatic nitrogens is 1. The van der Waals surface area contributed by atoms with E-state index in [4.69, 9.17) is 4.42 Å². The van der Waals surface area contributed by atoms with Crippen LogP contribution in [0.25, 0.3) is 11.3 Å². The highest BCUT2D eigenvalue weighted by atomic mass is 16.3. The first-order valence-corrected chi connectivity index (χ1v) is 6.37. The van der Waals surface area contributed by atoms with E-state index in [1.165, 1.54) is 12.0 Å². The summed E-state index contributed by atoms with van der Waals surface area (Å²) in [5.74, 6) is 1.52. The van der Waals surface area contributed by atoms with Crippen molar-refractivity contribution in [3.05, 3.63) is 41.9 Å². The molecule has 0 radical (unpaired) electrons. The molecule has 1 heterocycles. The van der Waals surface area contributed by atoms with E-state index in [1.807, 2.05) is 12.1 Å². The summed E-state index contributed by atoms with van der Waals surface area (Å²) < 4.78 is 5.54. The van der Waals surface area contributed by atoms with Crippen LogP contribution in [0.3, 0.4) is 0 Å². The third-order valence-corrected chi connectivity index (χ3v) is 2.88. The normalized spacial score (nSPS) is 11.1. The summed E-state index contributed by atoms with van der Waals surface area (Å²) >= 11 is 0. The van der Waals surface area contributed by atoms with Gasteiger partial charge >= 0.3 is 0 Å². The van der Waals surface area contributed by atoms with Crippen molar-refractivity contribution in [2.24, 2.45) is 5.92 Å². The average molecular weight is 244 g/mol. The third-order valence-electron chi connectivity index (χ3n) is 2.88. The molecule has 0 aliphatic carbocycles. The number of oxazole rings is 1. The number of nitrogens with zero attached hydrogens (tertiary/aromatic N) is 1. The fourth-order valence-electron chi connectivity index (χ4n) is 1.92. The summed E-state index contributed by atoms with van der Waals surface area (Å²) in [6, 6.07) is 8.22. The Morgan fingerprint density at radius 1 is 1.28 bits per heavy atom. The van der Waals surface area contributed by atoms with Crippen molar-refractivity contribution < 1.29 is 4.42 Å². The van der Waals surface area contributed by atoms with Crippen LogP contribution in [0.2, 0.25) is 0 Å². The molecule has 0 saturated heterocycles. The van der Waals surface area contributed by atoms with E-state index < -0.39 is 0 Å². The van der Waals surface area contributed by atoms with E-state index >= 15 is 0 Å². The van der Waals surface area contributed by atoms with Crippen molar-refractivity contribution in [2.45, 2.75) is 27.3 Å². The minimum atomic E-state index is 0.638. The van der Waals surface area contributed by atoms with E-state index in [9.17, 15) is 0 Å². The van der Waals surface area contributed by atoms with Gasteiger partial charge in [-0.1, -0.05) is 38.1 Å². The summed E-state index contributed by atoms with van der Waals surface area (Å²) in [5.41, 5.74) is 3.31. The van der Waals surface area contributed by atoms with Gasteiger partial charge in [-0.15, -0.1) is 0 Å². The molecule has 0 fully saturated rings. The molecule has 96 valence electrons. The van der Waals surface area contributed by atoms with Crippen molar-refractivity contribution in [1.82, 2.24) is 10.3 Å². The molecule has 2 aromatic rings. The van der Waals surface area contributed by atoms with Gasteiger partial charge in [0.05, 0.1) is 0 Å². The molecular formula is C15H20N2O. The predicted molar refractivity (Wildman–Crippen MR) is 73.2 cm³/mol. The number of nitrogens with one attached hydrogen (secondary N) is 1. The summed E-state index contributed by atoms with van der Waals surface area (Å²) in [6.07, 6.45) is 1.52. The molecule has 1 aromatic heterocycles. The highest BCUT2D eigenvalue weighted by molar-refractivity contribution is 5.63. The molecule has 0 amide bonds. The Hall–Kier alpha value is -1.61. The first kappa shape index (κ1) is 12.8. The third kappa shape index (κ3) is 2.99. The van der Waals surface area contributed by atoms with Gasteiger partial charge < -0.3 is 9.73 Å². The second-order valence-corrected chi connectivity index (χ2v) is 4.97. The topological polar surface area (TPSA) is 38.1 Å². The minimum Gasteiger partial charge on any atom is -0.443 e. The number of hydrogen-bond donors (Lipinski definition) is 1. The van der Waals surface area contributed by atoms with Gasteiger partial charge in [0, 0.05) is 12.1 Å². The molecule has 0 aliphatic heterocycles. The molecule has 3 heteroatoms. The molecule has 18 heavy (non-hydrogen) atoms. The first-order valence-electron chi connectivity index (χ1n) is 6.37. The molecule has 0 atom stereocenters. The Morgan fingerprint density at radius 3 is 2.78 bits per heavy atom. The van der Waals surface area contributed by atoms with Gasteiger partial charge in [0.2, 0.25) is 0 Å². The van der Waals surface area contributed by atoms with Crippen LogP contribution in [-0.4, -0.2) is 11.5 Å². The minimum absolute atomic E-state index is 0.638. The largest absolute Gasteiger partial charge is 0.443 e. The molecular weight excluding hydrogens is 224 g/mol. The lowest BCUT2D eigenvalue weighted by molar-refractivity contribution is 0.545. The fourth-order valence-corrected chi connectivity index (χ4v) is 1.92. The molecule has 0 unspecified atom stereocenters. The van der Waals surface area contributed by atoms with Crippen molar-refractivity contribution in [3.63, 3.8) is 0 Å².